The number of amidine groups is 1. The highest BCUT2D eigenvalue weighted by Gasteiger charge is 2.24. The zero-order chi connectivity index (χ0) is 14.0. The van der Waals surface area contributed by atoms with Crippen LogP contribution in [0.15, 0.2) is 46.5 Å². The topological polar surface area (TPSA) is 44.2 Å². The fraction of sp³-hybridized carbons (Fsp3) is 0.143. The molecule has 0 bridgehead atoms. The van der Waals surface area contributed by atoms with Gasteiger partial charge in [-0.15, -0.1) is 0 Å². The molecule has 1 heterocycles. The van der Waals surface area contributed by atoms with Gasteiger partial charge in [0.1, 0.15) is 11.7 Å². The number of amides is 1. The van der Waals surface area contributed by atoms with Gasteiger partial charge in [-0.3, -0.25) is 15.1 Å². The Morgan fingerprint density at radius 1 is 1.42 bits per heavy atom. The zero-order valence-electron chi connectivity index (χ0n) is 10.3. The number of nitrogens with zero attached hydrogens (tertiary/aromatic N) is 1. The van der Waals surface area contributed by atoms with Crippen molar-refractivity contribution in [3.05, 3.63) is 57.9 Å². The van der Waals surface area contributed by atoms with Gasteiger partial charge in [-0.2, -0.15) is 0 Å². The van der Waals surface area contributed by atoms with E-state index in [-0.39, 0.29) is 18.3 Å². The first-order valence-electron chi connectivity index (χ1n) is 5.72. The number of hydrogen-bond acceptors (Lipinski definition) is 2. The molecule has 0 aromatic heterocycles. The van der Waals surface area contributed by atoms with E-state index in [2.05, 4.69) is 15.9 Å². The van der Waals surface area contributed by atoms with Crippen LogP contribution in [0.1, 0.15) is 12.5 Å². The molecule has 0 saturated carbocycles. The third-order valence-electron chi connectivity index (χ3n) is 2.90. The highest BCUT2D eigenvalue weighted by atomic mass is 79.9. The molecule has 0 spiro atoms. The molecule has 1 N–H and O–H groups in total. The van der Waals surface area contributed by atoms with E-state index in [4.69, 9.17) is 5.41 Å². The monoisotopic (exact) mass is 322 g/mol. The third kappa shape index (κ3) is 2.66. The minimum atomic E-state index is -0.397. The van der Waals surface area contributed by atoms with Crippen molar-refractivity contribution in [2.75, 3.05) is 0 Å². The van der Waals surface area contributed by atoms with Gasteiger partial charge in [-0.1, -0.05) is 28.1 Å². The van der Waals surface area contributed by atoms with Crippen LogP contribution in [0.5, 0.6) is 0 Å². The van der Waals surface area contributed by atoms with E-state index in [1.165, 1.54) is 17.0 Å². The van der Waals surface area contributed by atoms with Gasteiger partial charge in [0.15, 0.2) is 0 Å². The average Bonchev–Trinajstić information content (AvgIpc) is 2.37. The standard InChI is InChI=1S/C14H12BrFN2O/c1-2-9-6-7-13(19)18(14(9)17)8-10-11(15)4-3-5-12(10)16/h2-7,17H,8H2,1H3/b9-2-,17-14?. The first-order chi connectivity index (χ1) is 9.04. The lowest BCUT2D eigenvalue weighted by molar-refractivity contribution is -0.123. The molecule has 1 aliphatic heterocycles. The third-order valence-corrected chi connectivity index (χ3v) is 3.65. The van der Waals surface area contributed by atoms with Gasteiger partial charge in [0.2, 0.25) is 0 Å². The summed E-state index contributed by atoms with van der Waals surface area (Å²) >= 11 is 3.26. The lowest BCUT2D eigenvalue weighted by Crippen LogP contribution is -2.38. The fourth-order valence-electron chi connectivity index (χ4n) is 1.83. The van der Waals surface area contributed by atoms with Crippen LogP contribution in [-0.2, 0) is 11.3 Å². The van der Waals surface area contributed by atoms with Crippen LogP contribution >= 0.6 is 15.9 Å². The molecule has 0 saturated heterocycles. The van der Waals surface area contributed by atoms with E-state index >= 15 is 0 Å². The Bertz CT molecular complexity index is 587. The van der Waals surface area contributed by atoms with Crippen molar-refractivity contribution < 1.29 is 9.18 Å². The Morgan fingerprint density at radius 2 is 2.16 bits per heavy atom. The predicted molar refractivity (Wildman–Crippen MR) is 75.3 cm³/mol. The van der Waals surface area contributed by atoms with E-state index < -0.39 is 5.82 Å². The molecule has 0 fully saturated rings. The molecule has 1 aromatic rings. The molecule has 98 valence electrons. The van der Waals surface area contributed by atoms with Crippen molar-refractivity contribution >= 4 is 27.7 Å². The van der Waals surface area contributed by atoms with Crippen LogP contribution in [0.25, 0.3) is 0 Å². The minimum Gasteiger partial charge on any atom is -0.289 e. The molecule has 0 aliphatic carbocycles. The second kappa shape index (κ2) is 5.48. The van der Waals surface area contributed by atoms with Crippen molar-refractivity contribution in [3.8, 4) is 0 Å². The van der Waals surface area contributed by atoms with Gasteiger partial charge < -0.3 is 0 Å². The molecule has 3 nitrogen and oxygen atoms in total. The molecule has 0 atom stereocenters. The maximum absolute atomic E-state index is 13.8. The van der Waals surface area contributed by atoms with Gasteiger partial charge in [0, 0.05) is 21.7 Å². The Hall–Kier alpha value is -1.75. The lowest BCUT2D eigenvalue weighted by atomic mass is 10.1. The van der Waals surface area contributed by atoms with Gasteiger partial charge in [-0.25, -0.2) is 4.39 Å². The van der Waals surface area contributed by atoms with Gasteiger partial charge in [-0.05, 0) is 25.1 Å². The van der Waals surface area contributed by atoms with Crippen LogP contribution in [0.3, 0.4) is 0 Å². The largest absolute Gasteiger partial charge is 0.289 e. The molecule has 0 radical (unpaired) electrons. The molecule has 0 unspecified atom stereocenters. The summed E-state index contributed by atoms with van der Waals surface area (Å²) in [5, 5.41) is 7.97. The average molecular weight is 323 g/mol. The highest BCUT2D eigenvalue weighted by molar-refractivity contribution is 9.10. The van der Waals surface area contributed by atoms with Crippen molar-refractivity contribution in [1.82, 2.24) is 4.90 Å². The fourth-order valence-corrected chi connectivity index (χ4v) is 2.29. The van der Waals surface area contributed by atoms with E-state index in [1.807, 2.05) is 0 Å². The van der Waals surface area contributed by atoms with Gasteiger partial charge >= 0.3 is 0 Å². The number of rotatable bonds is 2. The summed E-state index contributed by atoms with van der Waals surface area (Å²) in [7, 11) is 0. The molecule has 2 rings (SSSR count). The van der Waals surface area contributed by atoms with E-state index in [1.54, 1.807) is 31.2 Å². The van der Waals surface area contributed by atoms with Crippen molar-refractivity contribution in [3.63, 3.8) is 0 Å². The molecule has 1 aromatic carbocycles. The van der Waals surface area contributed by atoms with E-state index in [0.29, 0.717) is 15.6 Å². The number of hydrogen-bond donors (Lipinski definition) is 1. The maximum atomic E-state index is 13.8. The molecule has 19 heavy (non-hydrogen) atoms. The van der Waals surface area contributed by atoms with Crippen LogP contribution in [0.2, 0.25) is 0 Å². The summed E-state index contributed by atoms with van der Waals surface area (Å²) < 4.78 is 14.4. The van der Waals surface area contributed by atoms with Crippen molar-refractivity contribution in [1.29, 1.82) is 5.41 Å². The van der Waals surface area contributed by atoms with E-state index in [9.17, 15) is 9.18 Å². The summed E-state index contributed by atoms with van der Waals surface area (Å²) in [6.45, 7) is 1.83. The minimum absolute atomic E-state index is 0.0343. The van der Waals surface area contributed by atoms with Crippen molar-refractivity contribution in [2.24, 2.45) is 0 Å². The number of benzene rings is 1. The molecule has 1 amide bonds. The van der Waals surface area contributed by atoms with Gasteiger partial charge in [0.25, 0.3) is 5.91 Å². The molecular weight excluding hydrogens is 311 g/mol. The summed E-state index contributed by atoms with van der Waals surface area (Å²) in [5.74, 6) is -0.623. The Kier molecular flexibility index (Phi) is 3.95. The number of halogens is 2. The Balaban J connectivity index is 2.35. The summed E-state index contributed by atoms with van der Waals surface area (Å²) in [4.78, 5) is 13.1. The number of nitrogens with one attached hydrogen (secondary N) is 1. The summed E-state index contributed by atoms with van der Waals surface area (Å²) in [5.41, 5.74) is 1.01. The number of carbonyl (C=O) groups excluding carboxylic acids is 1. The lowest BCUT2D eigenvalue weighted by Gasteiger charge is -2.26. The SMILES string of the molecule is C/C=C1/C=CC(=O)N(Cc2c(F)cccc2Br)C1=N. The molecule has 5 heteroatoms. The second-order valence-electron chi connectivity index (χ2n) is 4.05. The maximum Gasteiger partial charge on any atom is 0.252 e. The summed E-state index contributed by atoms with van der Waals surface area (Å²) in [6.07, 6.45) is 4.73. The molecular formula is C14H12BrFN2O. The normalized spacial score (nSPS) is 17.4. The zero-order valence-corrected chi connectivity index (χ0v) is 11.9. The highest BCUT2D eigenvalue weighted by Crippen LogP contribution is 2.23. The van der Waals surface area contributed by atoms with Crippen molar-refractivity contribution in [2.45, 2.75) is 13.5 Å². The van der Waals surface area contributed by atoms with Crippen LogP contribution in [0.4, 0.5) is 4.39 Å². The second-order valence-corrected chi connectivity index (χ2v) is 4.90. The smallest absolute Gasteiger partial charge is 0.252 e. The quantitative estimate of drug-likeness (QED) is 0.891. The first-order valence-corrected chi connectivity index (χ1v) is 6.51. The van der Waals surface area contributed by atoms with Crippen LogP contribution in [0, 0.1) is 11.2 Å². The van der Waals surface area contributed by atoms with Crippen LogP contribution < -0.4 is 0 Å². The Labute approximate surface area is 119 Å². The Morgan fingerprint density at radius 3 is 2.79 bits per heavy atom. The first kappa shape index (κ1) is 13.7. The van der Waals surface area contributed by atoms with Crippen LogP contribution in [-0.4, -0.2) is 16.6 Å². The summed E-state index contributed by atoms with van der Waals surface area (Å²) in [6, 6.07) is 4.64. The number of carbonyl (C=O) groups is 1. The number of allylic oxidation sites excluding steroid dienone is 1. The predicted octanol–water partition coefficient (Wildman–Crippen LogP) is 3.41. The van der Waals surface area contributed by atoms with Gasteiger partial charge in [0.05, 0.1) is 6.54 Å². The van der Waals surface area contributed by atoms with E-state index in [0.717, 1.165) is 0 Å². The molecule has 1 aliphatic rings.